The molecule has 6 aromatic rings. The molecule has 0 radical (unpaired) electrons. The van der Waals surface area contributed by atoms with E-state index in [1.165, 1.54) is 23.9 Å². The Hall–Kier alpha value is -3.09. The van der Waals surface area contributed by atoms with Gasteiger partial charge in [-0.2, -0.15) is 8.75 Å². The highest BCUT2D eigenvalue weighted by Gasteiger charge is 2.15. The monoisotopic (exact) mass is 473 g/mol. The summed E-state index contributed by atoms with van der Waals surface area (Å²) in [5.74, 6) is -0.238. The van der Waals surface area contributed by atoms with Gasteiger partial charge in [-0.15, -0.1) is 0 Å². The van der Waals surface area contributed by atoms with Crippen molar-refractivity contribution in [1.82, 2.24) is 13.3 Å². The molecule has 0 fully saturated rings. The summed E-state index contributed by atoms with van der Waals surface area (Å²) < 4.78 is 25.6. The van der Waals surface area contributed by atoms with Crippen LogP contribution in [0.15, 0.2) is 83.3 Å². The van der Waals surface area contributed by atoms with Crippen LogP contribution < -0.4 is 0 Å². The number of nitrogens with zero attached hydrogens (tertiary/aromatic N) is 3. The zero-order valence-corrected chi connectivity index (χ0v) is 17.9. The van der Waals surface area contributed by atoms with E-state index in [1.807, 2.05) is 30.3 Å². The molecular formula is C24H13BrFN3S. The lowest BCUT2D eigenvalue weighted by Crippen LogP contribution is -1.93. The maximum absolute atomic E-state index is 13.5. The summed E-state index contributed by atoms with van der Waals surface area (Å²) in [4.78, 5) is 0. The number of rotatable bonds is 2. The van der Waals surface area contributed by atoms with Gasteiger partial charge in [-0.05, 0) is 70.0 Å². The SMILES string of the molecule is Fc1ccc(-n2c3ccccc3c3cc(-c4ccc(Br)c5nsnc45)ccc32)cc1. The first kappa shape index (κ1) is 17.7. The Bertz CT molecular complexity index is 1570. The van der Waals surface area contributed by atoms with Gasteiger partial charge in [-0.3, -0.25) is 0 Å². The highest BCUT2D eigenvalue weighted by atomic mass is 79.9. The third-order valence-corrected chi connectivity index (χ3v) is 6.60. The van der Waals surface area contributed by atoms with E-state index in [2.05, 4.69) is 65.6 Å². The topological polar surface area (TPSA) is 30.7 Å². The van der Waals surface area contributed by atoms with Crippen LogP contribution in [0.5, 0.6) is 0 Å². The molecule has 0 bridgehead atoms. The third-order valence-electron chi connectivity index (χ3n) is 5.43. The molecule has 0 N–H and O–H groups in total. The lowest BCUT2D eigenvalue weighted by Gasteiger charge is -2.08. The highest BCUT2D eigenvalue weighted by molar-refractivity contribution is 9.10. The molecule has 0 amide bonds. The second-order valence-electron chi connectivity index (χ2n) is 7.12. The highest BCUT2D eigenvalue weighted by Crippen LogP contribution is 2.37. The summed E-state index contributed by atoms with van der Waals surface area (Å²) in [5.41, 5.74) is 7.04. The molecular weight excluding hydrogens is 461 g/mol. The quantitative estimate of drug-likeness (QED) is 0.263. The largest absolute Gasteiger partial charge is 0.309 e. The fourth-order valence-electron chi connectivity index (χ4n) is 4.08. The Labute approximate surface area is 183 Å². The standard InChI is InChI=1S/C24H13BrFN3S/c25-20-11-10-17(23-24(20)28-30-27-23)14-5-12-22-19(13-14)18-3-1-2-4-21(18)29(22)16-8-6-15(26)7-9-16/h1-13H. The molecule has 30 heavy (non-hydrogen) atoms. The molecule has 2 aromatic heterocycles. The normalized spacial score (nSPS) is 11.7. The maximum Gasteiger partial charge on any atom is 0.123 e. The number of benzene rings is 4. The Morgan fingerprint density at radius 2 is 1.53 bits per heavy atom. The molecule has 6 heteroatoms. The van der Waals surface area contributed by atoms with Crippen LogP contribution >= 0.6 is 27.7 Å². The Morgan fingerprint density at radius 1 is 0.767 bits per heavy atom. The molecule has 0 saturated carbocycles. The lowest BCUT2D eigenvalue weighted by atomic mass is 10.0. The van der Waals surface area contributed by atoms with Crippen LogP contribution in [0, 0.1) is 5.82 Å². The second kappa shape index (κ2) is 6.72. The van der Waals surface area contributed by atoms with Crippen molar-refractivity contribution in [1.29, 1.82) is 0 Å². The minimum absolute atomic E-state index is 0.238. The van der Waals surface area contributed by atoms with Crippen LogP contribution in [-0.4, -0.2) is 13.3 Å². The predicted molar refractivity (Wildman–Crippen MR) is 125 cm³/mol. The molecule has 0 aliphatic heterocycles. The van der Waals surface area contributed by atoms with Gasteiger partial charge < -0.3 is 4.57 Å². The van der Waals surface area contributed by atoms with Crippen molar-refractivity contribution < 1.29 is 4.39 Å². The van der Waals surface area contributed by atoms with E-state index in [0.29, 0.717) is 0 Å². The van der Waals surface area contributed by atoms with Gasteiger partial charge in [-0.1, -0.05) is 30.3 Å². The Balaban J connectivity index is 1.66. The molecule has 0 spiro atoms. The average molecular weight is 474 g/mol. The summed E-state index contributed by atoms with van der Waals surface area (Å²) in [6, 6.07) is 25.5. The molecule has 2 heterocycles. The van der Waals surface area contributed by atoms with Crippen molar-refractivity contribution >= 4 is 60.5 Å². The van der Waals surface area contributed by atoms with Gasteiger partial charge in [0.15, 0.2) is 0 Å². The molecule has 4 aromatic carbocycles. The summed E-state index contributed by atoms with van der Waals surface area (Å²) in [6.07, 6.45) is 0. The zero-order valence-electron chi connectivity index (χ0n) is 15.5. The van der Waals surface area contributed by atoms with E-state index in [-0.39, 0.29) is 5.82 Å². The van der Waals surface area contributed by atoms with Crippen molar-refractivity contribution in [3.05, 3.63) is 89.2 Å². The number of hydrogen-bond acceptors (Lipinski definition) is 3. The van der Waals surface area contributed by atoms with Crippen LogP contribution in [0.2, 0.25) is 0 Å². The van der Waals surface area contributed by atoms with E-state index in [4.69, 9.17) is 0 Å². The molecule has 6 rings (SSSR count). The summed E-state index contributed by atoms with van der Waals surface area (Å²) >= 11 is 4.78. The van der Waals surface area contributed by atoms with Crippen LogP contribution in [-0.2, 0) is 0 Å². The Kier molecular flexibility index (Phi) is 3.97. The van der Waals surface area contributed by atoms with Crippen LogP contribution in [0.3, 0.4) is 0 Å². The number of para-hydroxylation sites is 1. The van der Waals surface area contributed by atoms with Crippen molar-refractivity contribution in [3.8, 4) is 16.8 Å². The smallest absolute Gasteiger partial charge is 0.123 e. The minimum atomic E-state index is -0.238. The van der Waals surface area contributed by atoms with E-state index >= 15 is 0 Å². The zero-order chi connectivity index (χ0) is 20.2. The number of halogens is 2. The fourth-order valence-corrected chi connectivity index (χ4v) is 5.18. The fraction of sp³-hybridized carbons (Fsp3) is 0. The van der Waals surface area contributed by atoms with Crippen LogP contribution in [0.1, 0.15) is 0 Å². The molecule has 0 aliphatic carbocycles. The van der Waals surface area contributed by atoms with Crippen molar-refractivity contribution in [3.63, 3.8) is 0 Å². The van der Waals surface area contributed by atoms with E-state index in [9.17, 15) is 4.39 Å². The first-order valence-corrected chi connectivity index (χ1v) is 10.9. The first-order valence-electron chi connectivity index (χ1n) is 9.41. The van der Waals surface area contributed by atoms with Gasteiger partial charge in [-0.25, -0.2) is 4.39 Å². The van der Waals surface area contributed by atoms with Gasteiger partial charge in [0.2, 0.25) is 0 Å². The summed E-state index contributed by atoms with van der Waals surface area (Å²) in [7, 11) is 0. The summed E-state index contributed by atoms with van der Waals surface area (Å²) in [5, 5.41) is 2.30. The van der Waals surface area contributed by atoms with Crippen molar-refractivity contribution in [2.24, 2.45) is 0 Å². The van der Waals surface area contributed by atoms with Gasteiger partial charge in [0.25, 0.3) is 0 Å². The second-order valence-corrected chi connectivity index (χ2v) is 8.50. The van der Waals surface area contributed by atoms with E-state index in [0.717, 1.165) is 54.1 Å². The van der Waals surface area contributed by atoms with Crippen molar-refractivity contribution in [2.75, 3.05) is 0 Å². The lowest BCUT2D eigenvalue weighted by molar-refractivity contribution is 0.627. The number of fused-ring (bicyclic) bond motifs is 4. The van der Waals surface area contributed by atoms with E-state index in [1.54, 1.807) is 0 Å². The molecule has 0 saturated heterocycles. The van der Waals surface area contributed by atoms with Gasteiger partial charge in [0.05, 0.1) is 22.8 Å². The molecule has 0 unspecified atom stereocenters. The van der Waals surface area contributed by atoms with E-state index < -0.39 is 0 Å². The Morgan fingerprint density at radius 3 is 2.40 bits per heavy atom. The summed E-state index contributed by atoms with van der Waals surface area (Å²) in [6.45, 7) is 0. The predicted octanol–water partition coefficient (Wildman–Crippen LogP) is 7.36. The van der Waals surface area contributed by atoms with Crippen LogP contribution in [0.4, 0.5) is 4.39 Å². The first-order chi connectivity index (χ1) is 14.7. The number of hydrogen-bond donors (Lipinski definition) is 0. The van der Waals surface area contributed by atoms with Gasteiger partial charge >= 0.3 is 0 Å². The molecule has 0 atom stereocenters. The van der Waals surface area contributed by atoms with Crippen LogP contribution in [0.25, 0.3) is 49.7 Å². The van der Waals surface area contributed by atoms with Gasteiger partial charge in [0.1, 0.15) is 16.9 Å². The third kappa shape index (κ3) is 2.61. The number of aromatic nitrogens is 3. The average Bonchev–Trinajstić information content (AvgIpc) is 3.38. The maximum atomic E-state index is 13.5. The molecule has 144 valence electrons. The minimum Gasteiger partial charge on any atom is -0.309 e. The van der Waals surface area contributed by atoms with Gasteiger partial charge in [0, 0.05) is 26.5 Å². The molecule has 0 aliphatic rings. The van der Waals surface area contributed by atoms with Crippen molar-refractivity contribution in [2.45, 2.75) is 0 Å². The molecule has 3 nitrogen and oxygen atoms in total.